The van der Waals surface area contributed by atoms with Gasteiger partial charge in [0.1, 0.15) is 177 Å². The molecule has 0 radical (unpaired) electrons. The number of carbonyl (C=O) groups excluding carboxylic acids is 4. The lowest BCUT2D eigenvalue weighted by molar-refractivity contribution is -0.393. The first-order chi connectivity index (χ1) is 52.5. The van der Waals surface area contributed by atoms with Crippen molar-refractivity contribution in [1.29, 1.82) is 0 Å². The summed E-state index contributed by atoms with van der Waals surface area (Å²) in [6.07, 6.45) is -79.0. The van der Waals surface area contributed by atoms with Gasteiger partial charge in [-0.15, -0.1) is 0 Å². The molecule has 0 aliphatic carbocycles. The maximum atomic E-state index is 13.3. The predicted octanol–water partition coefficient (Wildman–Crippen LogP) is -18.4. The molecule has 8 heterocycles. The lowest BCUT2D eigenvalue weighted by atomic mass is 9.88. The Hall–Kier alpha value is -4.70. The van der Waals surface area contributed by atoms with Crippen molar-refractivity contribution >= 4 is 35.6 Å². The van der Waals surface area contributed by atoms with E-state index in [1.807, 2.05) is 0 Å². The number of amides is 4. The van der Waals surface area contributed by atoms with E-state index in [2.05, 4.69) is 21.3 Å². The summed E-state index contributed by atoms with van der Waals surface area (Å²) in [5.74, 6) is -14.1. The zero-order chi connectivity index (χ0) is 83.4. The molecule has 8 rings (SSSR count). The number of nitrogens with one attached hydrogen (secondary N) is 4. The summed E-state index contributed by atoms with van der Waals surface area (Å²) in [5, 5.41) is 283. The SMILES string of the molecule is CC(=O)N[C@H]1[C@H](O[C@H]2[C@@H](O)[C@H](O)[C@@H](CO[C@@H]3O[C@H](CO)[C@@H](O[C@@H]4O[C@H](CO)[C@H](O)[C@H](O[C@]5(C(=O)O)C[C@H](O)[C@@H](NC(C)=O)[C@H]([C@H](O)[C@H](O)CO)O5)[C@H]4O)[C@H](O[C@@H]4O[C@@H](C)[C@@H](O)[C@@H](O)[C@@H]4O)[C@H]3NC(C)=O)O[C@@H]2O)O[C@H](CO)[C@@H](O[C@@H]2O[C@H](CO[C@]3(C(=O)O)C[C@H](O)[C@@H](NC(C)=O)[C@H]([C@H](O)[C@H](O)CO)O3)[C@H](O)[C@H](O)[C@H]2O)[C@@H]1O. The Morgan fingerprint density at radius 3 is 1.32 bits per heavy atom. The van der Waals surface area contributed by atoms with E-state index < -0.39 is 351 Å². The van der Waals surface area contributed by atoms with E-state index in [0.29, 0.717) is 0 Å². The number of hydrogen-bond donors (Lipinski definition) is 29. The molecule has 8 aliphatic rings. The van der Waals surface area contributed by atoms with Gasteiger partial charge in [0.25, 0.3) is 11.6 Å². The largest absolute Gasteiger partial charge is 0.477 e. The molecule has 0 saturated carbocycles. The van der Waals surface area contributed by atoms with Crippen LogP contribution >= 0.6 is 0 Å². The molecule has 8 fully saturated rings. The van der Waals surface area contributed by atoms with Gasteiger partial charge in [0.15, 0.2) is 37.7 Å². The minimum Gasteiger partial charge on any atom is -0.477 e. The fraction of sp³-hybridized carbons (Fsp3) is 0.903. The van der Waals surface area contributed by atoms with E-state index in [4.69, 9.17) is 71.1 Å². The molecule has 50 nitrogen and oxygen atoms in total. The molecule has 0 aromatic heterocycles. The minimum atomic E-state index is -3.30. The summed E-state index contributed by atoms with van der Waals surface area (Å²) < 4.78 is 87.4. The number of hydrogen-bond acceptors (Lipinski definition) is 44. The lowest BCUT2D eigenvalue weighted by Crippen LogP contribution is -2.71. The van der Waals surface area contributed by atoms with Crippen LogP contribution in [-0.2, 0) is 99.8 Å². The van der Waals surface area contributed by atoms with Crippen LogP contribution in [0.5, 0.6) is 0 Å². The molecule has 0 spiro atoms. The van der Waals surface area contributed by atoms with Crippen LogP contribution in [0.3, 0.4) is 0 Å². The Balaban J connectivity index is 0.998. The third-order valence-corrected chi connectivity index (χ3v) is 20.2. The minimum absolute atomic E-state index is 0.821. The standard InChI is InChI=1S/C62H102N4O46/c1-15-33(80)40(87)43(90)56(100-15)108-50-32(66-19(5)75)54(103-26(12-71)47(50)107-58-45(92)51(38(85)24(10-69)102-58)112-62(60(96)97)7-21(77)30(64-17(3)73)49(111-62)35(82)23(79)9-68)98-13-27-37(84)42(89)52(53(93)101-27)109-55-31(65-18(4)74)39(86)46(25(11-70)104-55)106-57-44(91)41(88)36(83)28(105-57)14-99-61(59(94)95)6-20(76)29(63-16(2)72)48(110-61)34(81)22(78)8-67/h15,20-58,67-71,76-93H,6-14H2,1-5H3,(H,63,72)(H,64,73)(H,65,74)(H,66,75)(H,94,95)(H,96,97)/t15-,20-,21-,22+,23+,24+,25+,26+,27+,28+,29+,30+,31+,32+,33+,34+,35+,36-,37+,38-,39+,40+,41-,42-,43-,44+,45+,46+,47+,48+,49+,50+,51-,52-,53-,54+,55-,56-,57-,58-,61+,62-/m0/s1. The highest BCUT2D eigenvalue weighted by Gasteiger charge is 2.63. The lowest BCUT2D eigenvalue weighted by Gasteiger charge is -2.52. The summed E-state index contributed by atoms with van der Waals surface area (Å²) in [4.78, 5) is 76.5. The van der Waals surface area contributed by atoms with Crippen molar-refractivity contribution in [2.75, 3.05) is 46.2 Å². The van der Waals surface area contributed by atoms with Crippen molar-refractivity contribution in [1.82, 2.24) is 21.3 Å². The van der Waals surface area contributed by atoms with Crippen LogP contribution in [0.25, 0.3) is 0 Å². The summed E-state index contributed by atoms with van der Waals surface area (Å²) in [7, 11) is 0. The molecule has 50 heteroatoms. The van der Waals surface area contributed by atoms with E-state index in [1.54, 1.807) is 0 Å². The van der Waals surface area contributed by atoms with Crippen molar-refractivity contribution in [2.24, 2.45) is 0 Å². The van der Waals surface area contributed by atoms with Gasteiger partial charge >= 0.3 is 11.9 Å². The molecule has 0 unspecified atom stereocenters. The fourth-order valence-electron chi connectivity index (χ4n) is 14.2. The van der Waals surface area contributed by atoms with Gasteiger partial charge in [-0.3, -0.25) is 19.2 Å². The van der Waals surface area contributed by atoms with Crippen molar-refractivity contribution in [2.45, 2.75) is 304 Å². The highest BCUT2D eigenvalue weighted by molar-refractivity contribution is 5.78. The van der Waals surface area contributed by atoms with E-state index in [-0.39, 0.29) is 0 Å². The molecular weight excluding hydrogens is 1540 g/mol. The Kier molecular flexibility index (Phi) is 32.5. The maximum Gasteiger partial charge on any atom is 0.364 e. The van der Waals surface area contributed by atoms with Gasteiger partial charge in [0.05, 0.1) is 76.6 Å². The first-order valence-corrected chi connectivity index (χ1v) is 35.2. The normalized spacial score (nSPS) is 45.9. The highest BCUT2D eigenvalue weighted by Crippen LogP contribution is 2.42. The molecule has 0 bridgehead atoms. The van der Waals surface area contributed by atoms with Crippen LogP contribution in [0, 0.1) is 0 Å². The maximum absolute atomic E-state index is 13.3. The van der Waals surface area contributed by atoms with Crippen LogP contribution in [0.1, 0.15) is 47.5 Å². The number of carboxylic acids is 2. The predicted molar refractivity (Wildman–Crippen MR) is 344 cm³/mol. The van der Waals surface area contributed by atoms with Crippen LogP contribution in [0.2, 0.25) is 0 Å². The first kappa shape index (κ1) is 92.8. The van der Waals surface area contributed by atoms with E-state index in [9.17, 15) is 156 Å². The number of carboxylic acid groups (broad SMARTS) is 2. The van der Waals surface area contributed by atoms with Gasteiger partial charge in [-0.05, 0) is 6.92 Å². The quantitative estimate of drug-likeness (QED) is 0.0306. The number of carbonyl (C=O) groups is 6. The molecule has 4 amide bonds. The number of aliphatic hydroxyl groups is 23. The summed E-state index contributed by atoms with van der Waals surface area (Å²) in [6.45, 7) is -3.16. The molecule has 0 aromatic rings. The Labute approximate surface area is 633 Å². The van der Waals surface area contributed by atoms with E-state index in [1.165, 1.54) is 6.92 Å². The third kappa shape index (κ3) is 20.3. The van der Waals surface area contributed by atoms with E-state index >= 15 is 0 Å². The zero-order valence-electron chi connectivity index (χ0n) is 60.2. The Morgan fingerprint density at radius 1 is 0.393 bits per heavy atom. The molecule has 8 saturated heterocycles. The zero-order valence-corrected chi connectivity index (χ0v) is 60.2. The topological polar surface area (TPSA) is 795 Å². The average molecular weight is 1640 g/mol. The molecular formula is C62H102N4O46. The van der Waals surface area contributed by atoms with Gasteiger partial charge in [0.2, 0.25) is 23.6 Å². The smallest absolute Gasteiger partial charge is 0.364 e. The summed E-state index contributed by atoms with van der Waals surface area (Å²) in [5.41, 5.74) is 0. The summed E-state index contributed by atoms with van der Waals surface area (Å²) >= 11 is 0. The van der Waals surface area contributed by atoms with E-state index in [0.717, 1.165) is 27.7 Å². The van der Waals surface area contributed by atoms with Gasteiger partial charge in [-0.2, -0.15) is 0 Å². The number of ether oxygens (including phenoxy) is 15. The van der Waals surface area contributed by atoms with Gasteiger partial charge in [-0.25, -0.2) is 9.59 Å². The molecule has 112 heavy (non-hydrogen) atoms. The van der Waals surface area contributed by atoms with Gasteiger partial charge < -0.3 is 220 Å². The average Bonchev–Trinajstić information content (AvgIpc) is 0.757. The van der Waals surface area contributed by atoms with Crippen molar-refractivity contribution in [3.63, 3.8) is 0 Å². The van der Waals surface area contributed by atoms with Gasteiger partial charge in [-0.1, -0.05) is 0 Å². The fourth-order valence-corrected chi connectivity index (χ4v) is 14.2. The molecule has 0 aromatic carbocycles. The van der Waals surface area contributed by atoms with Crippen LogP contribution in [0.4, 0.5) is 0 Å². The molecule has 29 N–H and O–H groups in total. The second kappa shape index (κ2) is 39.2. The van der Waals surface area contributed by atoms with Crippen LogP contribution in [0.15, 0.2) is 0 Å². The summed E-state index contributed by atoms with van der Waals surface area (Å²) in [6, 6.07) is -7.25. The Bertz CT molecular complexity index is 3090. The second-order valence-electron chi connectivity index (χ2n) is 28.2. The monoisotopic (exact) mass is 1640 g/mol. The highest BCUT2D eigenvalue weighted by atomic mass is 16.8. The number of aliphatic hydroxyl groups excluding tert-OH is 23. The second-order valence-corrected chi connectivity index (χ2v) is 28.2. The molecule has 42 atom stereocenters. The number of rotatable bonds is 31. The van der Waals surface area contributed by atoms with Crippen molar-refractivity contribution < 1.29 is 227 Å². The van der Waals surface area contributed by atoms with Crippen LogP contribution in [-0.4, -0.2) is 466 Å². The molecule has 646 valence electrons. The number of aliphatic carboxylic acids is 2. The van der Waals surface area contributed by atoms with Crippen molar-refractivity contribution in [3.8, 4) is 0 Å². The van der Waals surface area contributed by atoms with Crippen LogP contribution < -0.4 is 21.3 Å². The first-order valence-electron chi connectivity index (χ1n) is 35.2. The Morgan fingerprint density at radius 2 is 0.804 bits per heavy atom. The van der Waals surface area contributed by atoms with Crippen molar-refractivity contribution in [3.05, 3.63) is 0 Å². The molecule has 8 aliphatic heterocycles. The third-order valence-electron chi connectivity index (χ3n) is 20.2. The van der Waals surface area contributed by atoms with Gasteiger partial charge in [0, 0.05) is 40.5 Å².